The highest BCUT2D eigenvalue weighted by atomic mass is 35.5. The zero-order valence-electron chi connectivity index (χ0n) is 19.5. The van der Waals surface area contributed by atoms with E-state index in [1.165, 1.54) is 0 Å². The lowest BCUT2D eigenvalue weighted by Crippen LogP contribution is -2.12. The van der Waals surface area contributed by atoms with Gasteiger partial charge in [-0.3, -0.25) is 4.90 Å². The number of pyridine rings is 1. The van der Waals surface area contributed by atoms with E-state index in [2.05, 4.69) is 69.5 Å². The van der Waals surface area contributed by atoms with Crippen LogP contribution in [0.1, 0.15) is 0 Å². The minimum absolute atomic E-state index is 0.176. The molecule has 0 amide bonds. The number of furan rings is 1. The lowest BCUT2D eigenvalue weighted by Gasteiger charge is -2.26. The molecule has 0 aliphatic heterocycles. The fraction of sp³-hybridized carbons (Fsp3) is 0. The van der Waals surface area contributed by atoms with Gasteiger partial charge in [-0.05, 0) is 59.5 Å². The molecule has 0 atom stereocenters. The van der Waals surface area contributed by atoms with E-state index < -0.39 is 0 Å². The Balaban J connectivity index is 1.46. The van der Waals surface area contributed by atoms with Crippen molar-refractivity contribution in [3.8, 4) is 11.3 Å². The van der Waals surface area contributed by atoms with Gasteiger partial charge in [-0.1, -0.05) is 66.7 Å². The third-order valence-electron chi connectivity index (χ3n) is 6.46. The number of anilines is 3. The van der Waals surface area contributed by atoms with E-state index in [-0.39, 0.29) is 5.28 Å². The summed E-state index contributed by atoms with van der Waals surface area (Å²) in [7, 11) is 0. The molecular formula is C31H19ClN4O. The fourth-order valence-corrected chi connectivity index (χ4v) is 5.00. The first kappa shape index (κ1) is 21.5. The number of aromatic nitrogens is 3. The maximum absolute atomic E-state index is 6.41. The number of para-hydroxylation sites is 1. The van der Waals surface area contributed by atoms with E-state index in [1.54, 1.807) is 6.20 Å². The lowest BCUT2D eigenvalue weighted by atomic mass is 10.1. The van der Waals surface area contributed by atoms with Crippen LogP contribution in [0.5, 0.6) is 0 Å². The first-order valence-electron chi connectivity index (χ1n) is 11.9. The van der Waals surface area contributed by atoms with Crippen molar-refractivity contribution in [1.82, 2.24) is 15.0 Å². The van der Waals surface area contributed by atoms with Gasteiger partial charge in [0.15, 0.2) is 5.58 Å². The Morgan fingerprint density at radius 1 is 0.703 bits per heavy atom. The molecule has 0 N–H and O–H groups in total. The van der Waals surface area contributed by atoms with Crippen molar-refractivity contribution in [1.29, 1.82) is 0 Å². The van der Waals surface area contributed by atoms with Crippen LogP contribution in [0, 0.1) is 0 Å². The molecule has 176 valence electrons. The molecule has 3 aromatic heterocycles. The number of fused-ring (bicyclic) bond motifs is 4. The third kappa shape index (κ3) is 3.68. The molecule has 4 aromatic carbocycles. The van der Waals surface area contributed by atoms with E-state index in [9.17, 15) is 0 Å². The molecule has 0 spiro atoms. The molecule has 0 radical (unpaired) electrons. The maximum Gasteiger partial charge on any atom is 0.223 e. The van der Waals surface area contributed by atoms with E-state index in [4.69, 9.17) is 21.0 Å². The summed E-state index contributed by atoms with van der Waals surface area (Å²) in [6.45, 7) is 0. The van der Waals surface area contributed by atoms with Crippen LogP contribution in [0.3, 0.4) is 0 Å². The van der Waals surface area contributed by atoms with Gasteiger partial charge in [0.2, 0.25) is 5.28 Å². The molecule has 0 saturated carbocycles. The van der Waals surface area contributed by atoms with Crippen LogP contribution in [0.2, 0.25) is 5.28 Å². The maximum atomic E-state index is 6.41. The molecule has 0 unspecified atom stereocenters. The van der Waals surface area contributed by atoms with Crippen molar-refractivity contribution in [3.63, 3.8) is 0 Å². The molecule has 7 rings (SSSR count). The number of hydrogen-bond acceptors (Lipinski definition) is 5. The van der Waals surface area contributed by atoms with Crippen LogP contribution < -0.4 is 4.90 Å². The summed E-state index contributed by atoms with van der Waals surface area (Å²) < 4.78 is 6.21. The van der Waals surface area contributed by atoms with Gasteiger partial charge < -0.3 is 4.42 Å². The van der Waals surface area contributed by atoms with Gasteiger partial charge in [0, 0.05) is 28.2 Å². The highest BCUT2D eigenvalue weighted by Gasteiger charge is 2.20. The standard InChI is InChI=1S/C31H19ClN4O/c32-31-34-28(30-29(35-31)24-14-3-4-16-26(24)37-30)21-11-7-12-22(19-21)36(27-17-5-6-18-33-27)25-15-8-10-20-9-1-2-13-23(20)25/h1-19H. The van der Waals surface area contributed by atoms with Gasteiger partial charge in [-0.25, -0.2) is 15.0 Å². The summed E-state index contributed by atoms with van der Waals surface area (Å²) in [5.41, 5.74) is 5.54. The molecule has 3 heterocycles. The molecule has 0 saturated heterocycles. The predicted octanol–water partition coefficient (Wildman–Crippen LogP) is 8.71. The normalized spacial score (nSPS) is 11.4. The van der Waals surface area contributed by atoms with Crippen molar-refractivity contribution in [2.45, 2.75) is 0 Å². The lowest BCUT2D eigenvalue weighted by molar-refractivity contribution is 0.667. The molecule has 0 fully saturated rings. The Morgan fingerprint density at radius 2 is 1.49 bits per heavy atom. The summed E-state index contributed by atoms with van der Waals surface area (Å²) in [5.74, 6) is 0.811. The van der Waals surface area contributed by atoms with E-state index in [1.807, 2.05) is 54.6 Å². The highest BCUT2D eigenvalue weighted by Crippen LogP contribution is 2.40. The SMILES string of the molecule is Clc1nc(-c2cccc(N(c3ccccn3)c3cccc4ccccc34)c2)c2oc3ccccc3c2n1. The average Bonchev–Trinajstić information content (AvgIpc) is 3.32. The second-order valence-corrected chi connectivity index (χ2v) is 9.03. The minimum atomic E-state index is 0.176. The Hall–Kier alpha value is -4.74. The van der Waals surface area contributed by atoms with Crippen LogP contribution in [-0.4, -0.2) is 15.0 Å². The summed E-state index contributed by atoms with van der Waals surface area (Å²) in [6.07, 6.45) is 1.81. The zero-order valence-corrected chi connectivity index (χ0v) is 20.3. The predicted molar refractivity (Wildman–Crippen MR) is 150 cm³/mol. The quantitative estimate of drug-likeness (QED) is 0.227. The minimum Gasteiger partial charge on any atom is -0.452 e. The molecule has 0 aliphatic carbocycles. The van der Waals surface area contributed by atoms with Crippen molar-refractivity contribution in [2.75, 3.05) is 4.90 Å². The largest absolute Gasteiger partial charge is 0.452 e. The smallest absolute Gasteiger partial charge is 0.223 e. The van der Waals surface area contributed by atoms with Gasteiger partial charge in [0.1, 0.15) is 22.6 Å². The van der Waals surface area contributed by atoms with Crippen molar-refractivity contribution in [2.24, 2.45) is 0 Å². The molecule has 37 heavy (non-hydrogen) atoms. The van der Waals surface area contributed by atoms with Crippen molar-refractivity contribution < 1.29 is 4.42 Å². The van der Waals surface area contributed by atoms with E-state index in [0.29, 0.717) is 16.8 Å². The highest BCUT2D eigenvalue weighted by molar-refractivity contribution is 6.29. The van der Waals surface area contributed by atoms with E-state index in [0.717, 1.165) is 44.5 Å². The van der Waals surface area contributed by atoms with Crippen LogP contribution in [0.4, 0.5) is 17.2 Å². The van der Waals surface area contributed by atoms with Crippen LogP contribution in [-0.2, 0) is 0 Å². The molecule has 0 bridgehead atoms. The monoisotopic (exact) mass is 498 g/mol. The van der Waals surface area contributed by atoms with E-state index >= 15 is 0 Å². The third-order valence-corrected chi connectivity index (χ3v) is 6.63. The van der Waals surface area contributed by atoms with Crippen molar-refractivity contribution >= 4 is 61.6 Å². The molecule has 0 aliphatic rings. The fourth-order valence-electron chi connectivity index (χ4n) is 4.84. The van der Waals surface area contributed by atoms with Crippen LogP contribution in [0.15, 0.2) is 120 Å². The first-order valence-corrected chi connectivity index (χ1v) is 12.3. The summed E-state index contributed by atoms with van der Waals surface area (Å²) in [4.78, 5) is 15.9. The average molecular weight is 499 g/mol. The number of nitrogens with zero attached hydrogens (tertiary/aromatic N) is 4. The Morgan fingerprint density at radius 3 is 2.38 bits per heavy atom. The van der Waals surface area contributed by atoms with Gasteiger partial charge >= 0.3 is 0 Å². The second-order valence-electron chi connectivity index (χ2n) is 8.69. The Bertz CT molecular complexity index is 1910. The first-order chi connectivity index (χ1) is 18.3. The number of hydrogen-bond donors (Lipinski definition) is 0. The van der Waals surface area contributed by atoms with Gasteiger partial charge in [0.05, 0.1) is 5.69 Å². The molecule has 7 aromatic rings. The number of benzene rings is 4. The summed E-state index contributed by atoms with van der Waals surface area (Å²) >= 11 is 6.41. The topological polar surface area (TPSA) is 55.1 Å². The molecular weight excluding hydrogens is 480 g/mol. The Labute approximate surface area is 217 Å². The summed E-state index contributed by atoms with van der Waals surface area (Å²) in [5, 5.41) is 3.37. The van der Waals surface area contributed by atoms with Crippen LogP contribution >= 0.6 is 11.6 Å². The van der Waals surface area contributed by atoms with Gasteiger partial charge in [0.25, 0.3) is 0 Å². The molecule has 6 heteroatoms. The van der Waals surface area contributed by atoms with Crippen LogP contribution in [0.25, 0.3) is 44.1 Å². The number of rotatable bonds is 4. The molecule has 5 nitrogen and oxygen atoms in total. The second kappa shape index (κ2) is 8.73. The Kier molecular flexibility index (Phi) is 5.08. The summed E-state index contributed by atoms with van der Waals surface area (Å²) in [6, 6.07) is 36.6. The van der Waals surface area contributed by atoms with Crippen molar-refractivity contribution in [3.05, 3.63) is 121 Å². The zero-order chi connectivity index (χ0) is 24.8. The van der Waals surface area contributed by atoms with Gasteiger partial charge in [-0.15, -0.1) is 0 Å². The number of halogens is 1. The van der Waals surface area contributed by atoms with Gasteiger partial charge in [-0.2, -0.15) is 0 Å².